The van der Waals surface area contributed by atoms with Crippen molar-refractivity contribution in [2.75, 3.05) is 31.5 Å². The Morgan fingerprint density at radius 1 is 0.970 bits per heavy atom. The standard InChI is InChI=1S/C25H29F2N5S/c1-17-7-9-20(10-8-17)15-32-19(3)24(18(2)29-32)28-25(33)31-13-11-30(12-14-31)16-21-5-4-6-22(26)23(21)27/h4-10H,11-16H2,1-3H3,(H,28,33). The van der Waals surface area contributed by atoms with Gasteiger partial charge in [-0.1, -0.05) is 42.0 Å². The number of aromatic nitrogens is 2. The second-order valence-electron chi connectivity index (χ2n) is 8.60. The molecule has 1 aliphatic rings. The zero-order valence-electron chi connectivity index (χ0n) is 19.2. The van der Waals surface area contributed by atoms with Gasteiger partial charge in [0, 0.05) is 38.3 Å². The summed E-state index contributed by atoms with van der Waals surface area (Å²) in [6.45, 7) is 10.1. The number of piperazine rings is 1. The van der Waals surface area contributed by atoms with Gasteiger partial charge in [-0.3, -0.25) is 9.58 Å². The number of hydrogen-bond donors (Lipinski definition) is 1. The van der Waals surface area contributed by atoms with E-state index in [1.54, 1.807) is 12.1 Å². The highest BCUT2D eigenvalue weighted by atomic mass is 32.1. The van der Waals surface area contributed by atoms with Crippen molar-refractivity contribution in [3.63, 3.8) is 0 Å². The van der Waals surface area contributed by atoms with Crippen LogP contribution in [0.25, 0.3) is 0 Å². The van der Waals surface area contributed by atoms with Crippen molar-refractivity contribution in [1.29, 1.82) is 0 Å². The third kappa shape index (κ3) is 5.39. The molecule has 8 heteroatoms. The van der Waals surface area contributed by atoms with Gasteiger partial charge in [-0.15, -0.1) is 0 Å². The van der Waals surface area contributed by atoms with Crippen LogP contribution < -0.4 is 5.32 Å². The Kier molecular flexibility index (Phi) is 7.05. The molecule has 33 heavy (non-hydrogen) atoms. The summed E-state index contributed by atoms with van der Waals surface area (Å²) in [5, 5.41) is 8.75. The van der Waals surface area contributed by atoms with Crippen molar-refractivity contribution in [1.82, 2.24) is 19.6 Å². The second kappa shape index (κ2) is 9.97. The van der Waals surface area contributed by atoms with E-state index in [1.165, 1.54) is 11.1 Å². The predicted molar refractivity (Wildman–Crippen MR) is 131 cm³/mol. The van der Waals surface area contributed by atoms with E-state index in [-0.39, 0.29) is 0 Å². The van der Waals surface area contributed by atoms with Crippen LogP contribution >= 0.6 is 12.2 Å². The molecular formula is C25H29F2N5S. The lowest BCUT2D eigenvalue weighted by atomic mass is 10.1. The van der Waals surface area contributed by atoms with Crippen molar-refractivity contribution in [2.24, 2.45) is 0 Å². The number of hydrogen-bond acceptors (Lipinski definition) is 3. The third-order valence-corrected chi connectivity index (χ3v) is 6.51. The van der Waals surface area contributed by atoms with Crippen LogP contribution in [0.4, 0.5) is 14.5 Å². The first kappa shape index (κ1) is 23.3. The van der Waals surface area contributed by atoms with E-state index in [0.717, 1.165) is 49.3 Å². The highest BCUT2D eigenvalue weighted by Gasteiger charge is 2.22. The Hall–Kier alpha value is -2.84. The molecule has 174 valence electrons. The van der Waals surface area contributed by atoms with Crippen molar-refractivity contribution < 1.29 is 8.78 Å². The van der Waals surface area contributed by atoms with Crippen molar-refractivity contribution >= 4 is 23.0 Å². The molecule has 0 spiro atoms. The molecule has 0 unspecified atom stereocenters. The fourth-order valence-electron chi connectivity index (χ4n) is 4.10. The van der Waals surface area contributed by atoms with E-state index in [1.807, 2.05) is 18.5 Å². The number of aryl methyl sites for hydroxylation is 2. The van der Waals surface area contributed by atoms with Gasteiger partial charge in [-0.05, 0) is 44.6 Å². The Morgan fingerprint density at radius 2 is 1.67 bits per heavy atom. The van der Waals surface area contributed by atoms with Crippen molar-refractivity contribution in [2.45, 2.75) is 33.9 Å². The highest BCUT2D eigenvalue weighted by molar-refractivity contribution is 7.80. The van der Waals surface area contributed by atoms with Crippen LogP contribution in [0.3, 0.4) is 0 Å². The molecule has 0 radical (unpaired) electrons. The molecule has 1 aromatic heterocycles. The van der Waals surface area contributed by atoms with E-state index >= 15 is 0 Å². The molecule has 2 aromatic carbocycles. The van der Waals surface area contributed by atoms with Crippen LogP contribution in [0.5, 0.6) is 0 Å². The minimum absolute atomic E-state index is 0.386. The zero-order valence-corrected chi connectivity index (χ0v) is 20.1. The molecule has 1 fully saturated rings. The summed E-state index contributed by atoms with van der Waals surface area (Å²) in [7, 11) is 0. The van der Waals surface area contributed by atoms with Crippen molar-refractivity contribution in [3.8, 4) is 0 Å². The van der Waals surface area contributed by atoms with Gasteiger partial charge in [0.1, 0.15) is 0 Å². The van der Waals surface area contributed by atoms with E-state index in [2.05, 4.69) is 46.3 Å². The van der Waals surface area contributed by atoms with Gasteiger partial charge < -0.3 is 10.2 Å². The number of nitrogens with zero attached hydrogens (tertiary/aromatic N) is 4. The van der Waals surface area contributed by atoms with Gasteiger partial charge >= 0.3 is 0 Å². The first-order valence-corrected chi connectivity index (χ1v) is 11.5. The Labute approximate surface area is 199 Å². The number of thiocarbonyl (C=S) groups is 1. The summed E-state index contributed by atoms with van der Waals surface area (Å²) < 4.78 is 29.5. The van der Waals surface area contributed by atoms with Crippen LogP contribution in [0.2, 0.25) is 0 Å². The van der Waals surface area contributed by atoms with E-state index in [0.29, 0.717) is 23.8 Å². The molecule has 1 N–H and O–H groups in total. The molecule has 4 rings (SSSR count). The Bertz CT molecular complexity index is 1130. The monoisotopic (exact) mass is 469 g/mol. The van der Waals surface area contributed by atoms with Gasteiger partial charge in [-0.25, -0.2) is 8.78 Å². The maximum absolute atomic E-state index is 14.0. The summed E-state index contributed by atoms with van der Waals surface area (Å²) in [4.78, 5) is 4.23. The quantitative estimate of drug-likeness (QED) is 0.551. The lowest BCUT2D eigenvalue weighted by Gasteiger charge is -2.36. The first-order chi connectivity index (χ1) is 15.8. The SMILES string of the molecule is Cc1ccc(Cn2nc(C)c(NC(=S)N3CCN(Cc4cccc(F)c4F)CC3)c2C)cc1. The van der Waals surface area contributed by atoms with Gasteiger partial charge in [0.25, 0.3) is 0 Å². The summed E-state index contributed by atoms with van der Waals surface area (Å²) in [6, 6.07) is 12.8. The summed E-state index contributed by atoms with van der Waals surface area (Å²) in [5.74, 6) is -1.56. The number of nitrogens with one attached hydrogen (secondary N) is 1. The van der Waals surface area contributed by atoms with Gasteiger partial charge in [0.15, 0.2) is 16.7 Å². The third-order valence-electron chi connectivity index (χ3n) is 6.15. The lowest BCUT2D eigenvalue weighted by molar-refractivity contribution is 0.175. The van der Waals surface area contributed by atoms with Gasteiger partial charge in [0.2, 0.25) is 0 Å². The summed E-state index contributed by atoms with van der Waals surface area (Å²) >= 11 is 5.68. The zero-order chi connectivity index (χ0) is 23.5. The average molecular weight is 470 g/mol. The number of anilines is 1. The number of rotatable bonds is 5. The van der Waals surface area contributed by atoms with Crippen molar-refractivity contribution in [3.05, 3.63) is 82.2 Å². The average Bonchev–Trinajstić information content (AvgIpc) is 3.06. The molecule has 0 amide bonds. The molecule has 2 heterocycles. The summed E-state index contributed by atoms with van der Waals surface area (Å²) in [6.07, 6.45) is 0. The number of halogens is 2. The van der Waals surface area contributed by atoms with Crippen LogP contribution in [-0.2, 0) is 13.1 Å². The van der Waals surface area contributed by atoms with E-state index < -0.39 is 11.6 Å². The lowest BCUT2D eigenvalue weighted by Crippen LogP contribution is -2.49. The minimum Gasteiger partial charge on any atom is -0.346 e. The van der Waals surface area contributed by atoms with Gasteiger partial charge in [-0.2, -0.15) is 5.10 Å². The molecule has 3 aromatic rings. The van der Waals surface area contributed by atoms with E-state index in [4.69, 9.17) is 17.3 Å². The molecule has 0 atom stereocenters. The molecule has 1 aliphatic heterocycles. The first-order valence-electron chi connectivity index (χ1n) is 11.1. The molecular weight excluding hydrogens is 440 g/mol. The largest absolute Gasteiger partial charge is 0.346 e. The van der Waals surface area contributed by atoms with Crippen LogP contribution in [0.15, 0.2) is 42.5 Å². The normalized spacial score (nSPS) is 14.5. The maximum atomic E-state index is 14.0. The molecule has 1 saturated heterocycles. The molecule has 0 aliphatic carbocycles. The highest BCUT2D eigenvalue weighted by Crippen LogP contribution is 2.22. The molecule has 0 bridgehead atoms. The fraction of sp³-hybridized carbons (Fsp3) is 0.360. The minimum atomic E-state index is -0.801. The predicted octanol–water partition coefficient (Wildman–Crippen LogP) is 4.65. The Morgan fingerprint density at radius 3 is 2.36 bits per heavy atom. The summed E-state index contributed by atoms with van der Waals surface area (Å²) in [5.41, 5.74) is 5.71. The van der Waals surface area contributed by atoms with Crippen LogP contribution in [0, 0.1) is 32.4 Å². The topological polar surface area (TPSA) is 36.3 Å². The molecule has 5 nitrogen and oxygen atoms in total. The maximum Gasteiger partial charge on any atom is 0.173 e. The fourth-order valence-corrected chi connectivity index (χ4v) is 4.39. The smallest absolute Gasteiger partial charge is 0.173 e. The molecule has 0 saturated carbocycles. The van der Waals surface area contributed by atoms with Gasteiger partial charge in [0.05, 0.1) is 23.6 Å². The van der Waals surface area contributed by atoms with Crippen LogP contribution in [0.1, 0.15) is 28.1 Å². The van der Waals surface area contributed by atoms with E-state index in [9.17, 15) is 8.78 Å². The number of benzene rings is 2. The van der Waals surface area contributed by atoms with Crippen LogP contribution in [-0.4, -0.2) is 50.9 Å². The Balaban J connectivity index is 1.35. The second-order valence-corrected chi connectivity index (χ2v) is 8.98.